The highest BCUT2D eigenvalue weighted by molar-refractivity contribution is 8.00. The van der Waals surface area contributed by atoms with Gasteiger partial charge in [-0.3, -0.25) is 9.59 Å². The number of methoxy groups -OCH3 is 2. The van der Waals surface area contributed by atoms with Crippen molar-refractivity contribution in [2.24, 2.45) is 0 Å². The number of halogens is 2. The molecule has 0 aliphatic heterocycles. The molecule has 2 N–H and O–H groups in total. The zero-order valence-electron chi connectivity index (χ0n) is 17.3. The van der Waals surface area contributed by atoms with E-state index in [0.29, 0.717) is 43.4 Å². The van der Waals surface area contributed by atoms with Gasteiger partial charge < -0.3 is 20.1 Å². The second-order valence-electron chi connectivity index (χ2n) is 6.48. The average molecular weight is 491 g/mol. The number of anilines is 2. The van der Waals surface area contributed by atoms with Crippen molar-refractivity contribution in [3.63, 3.8) is 0 Å². The summed E-state index contributed by atoms with van der Waals surface area (Å²) in [4.78, 5) is 25.9. The Labute approximate surface area is 200 Å². The molecule has 0 aliphatic rings. The zero-order valence-corrected chi connectivity index (χ0v) is 19.6. The Hall–Kier alpha value is -2.87. The number of carbonyl (C=O) groups is 2. The lowest BCUT2D eigenvalue weighted by atomic mass is 10.2. The van der Waals surface area contributed by atoms with E-state index in [1.807, 2.05) is 0 Å². The van der Waals surface area contributed by atoms with Gasteiger partial charge in [-0.15, -0.1) is 11.8 Å². The van der Waals surface area contributed by atoms with Gasteiger partial charge in [-0.1, -0.05) is 35.3 Å². The number of amides is 2. The highest BCUT2D eigenvalue weighted by atomic mass is 35.5. The maximum Gasteiger partial charge on any atom is 0.256 e. The van der Waals surface area contributed by atoms with E-state index < -0.39 is 0 Å². The third kappa shape index (κ3) is 6.09. The van der Waals surface area contributed by atoms with E-state index in [2.05, 4.69) is 10.6 Å². The quantitative estimate of drug-likeness (QED) is 0.379. The molecule has 0 saturated heterocycles. The van der Waals surface area contributed by atoms with E-state index >= 15 is 0 Å². The number of nitrogens with one attached hydrogen (secondary N) is 2. The largest absolute Gasteiger partial charge is 0.493 e. The number of benzene rings is 3. The van der Waals surface area contributed by atoms with Crippen molar-refractivity contribution in [3.05, 3.63) is 76.3 Å². The van der Waals surface area contributed by atoms with Crippen LogP contribution < -0.4 is 20.1 Å². The van der Waals surface area contributed by atoms with Crippen LogP contribution in [0.25, 0.3) is 0 Å². The molecule has 2 amide bonds. The molecule has 166 valence electrons. The van der Waals surface area contributed by atoms with Gasteiger partial charge in [-0.05, 0) is 42.5 Å². The molecular weight excluding hydrogens is 471 g/mol. The summed E-state index contributed by atoms with van der Waals surface area (Å²) < 4.78 is 10.4. The van der Waals surface area contributed by atoms with Crippen molar-refractivity contribution in [3.8, 4) is 11.5 Å². The van der Waals surface area contributed by atoms with Gasteiger partial charge in [-0.25, -0.2) is 0 Å². The summed E-state index contributed by atoms with van der Waals surface area (Å²) in [5, 5.41) is 6.40. The minimum Gasteiger partial charge on any atom is -0.493 e. The van der Waals surface area contributed by atoms with Crippen LogP contribution in [0.2, 0.25) is 10.0 Å². The summed E-state index contributed by atoms with van der Waals surface area (Å²) in [6.45, 7) is 0. The average Bonchev–Trinajstić information content (AvgIpc) is 2.79. The van der Waals surface area contributed by atoms with E-state index in [1.54, 1.807) is 67.8 Å². The molecule has 0 spiro atoms. The first-order valence-electron chi connectivity index (χ1n) is 9.41. The second-order valence-corrected chi connectivity index (χ2v) is 8.34. The molecule has 0 heterocycles. The molecule has 0 unspecified atom stereocenters. The Morgan fingerprint density at radius 1 is 0.906 bits per heavy atom. The first-order chi connectivity index (χ1) is 15.4. The van der Waals surface area contributed by atoms with E-state index in [1.165, 1.54) is 18.9 Å². The molecule has 0 saturated carbocycles. The van der Waals surface area contributed by atoms with Gasteiger partial charge in [0, 0.05) is 21.7 Å². The lowest BCUT2D eigenvalue weighted by Gasteiger charge is -2.12. The molecule has 0 aliphatic carbocycles. The molecule has 0 aromatic heterocycles. The van der Waals surface area contributed by atoms with E-state index in [9.17, 15) is 9.59 Å². The lowest BCUT2D eigenvalue weighted by Crippen LogP contribution is -2.16. The number of rotatable bonds is 8. The van der Waals surface area contributed by atoms with Gasteiger partial charge in [0.05, 0.1) is 36.2 Å². The molecule has 3 aromatic rings. The summed E-state index contributed by atoms with van der Waals surface area (Å²) in [6.07, 6.45) is 0. The normalized spacial score (nSPS) is 10.4. The molecule has 0 bridgehead atoms. The SMILES string of the molecule is COc1ccc(NC(=O)CSc2ccccc2C(=O)Nc2ccc(Cl)cc2Cl)cc1OC. The van der Waals surface area contributed by atoms with Crippen molar-refractivity contribution in [1.82, 2.24) is 0 Å². The number of hydrogen-bond donors (Lipinski definition) is 2. The van der Waals surface area contributed by atoms with Crippen molar-refractivity contribution in [2.75, 3.05) is 30.6 Å². The van der Waals surface area contributed by atoms with Gasteiger partial charge in [0.2, 0.25) is 5.91 Å². The standard InChI is InChI=1S/C23H20Cl2N2O4S/c1-30-19-10-8-15(12-20(19)31-2)26-22(28)13-32-21-6-4-3-5-16(21)23(29)27-18-9-7-14(24)11-17(18)25/h3-12H,13H2,1-2H3,(H,26,28)(H,27,29). The van der Waals surface area contributed by atoms with E-state index in [-0.39, 0.29) is 17.6 Å². The zero-order chi connectivity index (χ0) is 23.1. The van der Waals surface area contributed by atoms with Gasteiger partial charge >= 0.3 is 0 Å². The van der Waals surface area contributed by atoms with Crippen LogP contribution in [0.1, 0.15) is 10.4 Å². The van der Waals surface area contributed by atoms with Crippen LogP contribution in [0, 0.1) is 0 Å². The number of thioether (sulfide) groups is 1. The molecule has 0 atom stereocenters. The monoisotopic (exact) mass is 490 g/mol. The van der Waals surface area contributed by atoms with Crippen LogP contribution >= 0.6 is 35.0 Å². The minimum atomic E-state index is -0.336. The molecule has 0 radical (unpaired) electrons. The predicted molar refractivity (Wildman–Crippen MR) is 130 cm³/mol. The number of hydrogen-bond acceptors (Lipinski definition) is 5. The maximum absolute atomic E-state index is 12.8. The van der Waals surface area contributed by atoms with Crippen LogP contribution in [-0.2, 0) is 4.79 Å². The summed E-state index contributed by atoms with van der Waals surface area (Å²) in [6, 6.07) is 17.0. The third-order valence-corrected chi connectivity index (χ3v) is 5.96. The molecule has 3 rings (SSSR count). The molecule has 9 heteroatoms. The van der Waals surface area contributed by atoms with E-state index in [4.69, 9.17) is 32.7 Å². The van der Waals surface area contributed by atoms with Crippen molar-refractivity contribution in [1.29, 1.82) is 0 Å². The Morgan fingerprint density at radius 3 is 2.38 bits per heavy atom. The number of ether oxygens (including phenoxy) is 2. The predicted octanol–water partition coefficient (Wildman–Crippen LogP) is 5.99. The first kappa shape index (κ1) is 23.8. The Balaban J connectivity index is 1.66. The Bertz CT molecular complexity index is 1140. The second kappa shape index (κ2) is 11.1. The van der Waals surface area contributed by atoms with Crippen LogP contribution in [0.5, 0.6) is 11.5 Å². The molecule has 32 heavy (non-hydrogen) atoms. The van der Waals surface area contributed by atoms with Crippen LogP contribution in [0.15, 0.2) is 65.6 Å². The third-order valence-electron chi connectivity index (χ3n) is 4.34. The Morgan fingerprint density at radius 2 is 1.66 bits per heavy atom. The lowest BCUT2D eigenvalue weighted by molar-refractivity contribution is -0.113. The summed E-state index contributed by atoms with van der Waals surface area (Å²) in [5.74, 6) is 0.637. The highest BCUT2D eigenvalue weighted by Crippen LogP contribution is 2.31. The van der Waals surface area contributed by atoms with Crippen molar-refractivity contribution in [2.45, 2.75) is 4.90 Å². The van der Waals surface area contributed by atoms with Gasteiger partial charge in [0.1, 0.15) is 0 Å². The summed E-state index contributed by atoms with van der Waals surface area (Å²) >= 11 is 13.3. The van der Waals surface area contributed by atoms with Gasteiger partial charge in [0.25, 0.3) is 5.91 Å². The minimum absolute atomic E-state index is 0.111. The number of carbonyl (C=O) groups excluding carboxylic acids is 2. The van der Waals surface area contributed by atoms with Crippen LogP contribution in [-0.4, -0.2) is 31.8 Å². The fraction of sp³-hybridized carbons (Fsp3) is 0.130. The van der Waals surface area contributed by atoms with Crippen molar-refractivity contribution < 1.29 is 19.1 Å². The highest BCUT2D eigenvalue weighted by Gasteiger charge is 2.15. The van der Waals surface area contributed by atoms with Gasteiger partial charge in [-0.2, -0.15) is 0 Å². The maximum atomic E-state index is 12.8. The molecule has 0 fully saturated rings. The molecule has 3 aromatic carbocycles. The van der Waals surface area contributed by atoms with Gasteiger partial charge in [0.15, 0.2) is 11.5 Å². The summed E-state index contributed by atoms with van der Waals surface area (Å²) in [7, 11) is 3.07. The summed E-state index contributed by atoms with van der Waals surface area (Å²) in [5.41, 5.74) is 1.46. The van der Waals surface area contributed by atoms with Crippen molar-refractivity contribution >= 4 is 58.2 Å². The molecular formula is C23H20Cl2N2O4S. The van der Waals surface area contributed by atoms with Crippen LogP contribution in [0.3, 0.4) is 0 Å². The fourth-order valence-corrected chi connectivity index (χ4v) is 4.12. The first-order valence-corrected chi connectivity index (χ1v) is 11.2. The smallest absolute Gasteiger partial charge is 0.256 e. The Kier molecular flexibility index (Phi) is 8.27. The van der Waals surface area contributed by atoms with E-state index in [0.717, 1.165) is 0 Å². The fourth-order valence-electron chi connectivity index (χ4n) is 2.81. The molecule has 6 nitrogen and oxygen atoms in total. The topological polar surface area (TPSA) is 76.7 Å². The van der Waals surface area contributed by atoms with Crippen LogP contribution in [0.4, 0.5) is 11.4 Å².